The number of rotatable bonds is 2. The van der Waals surface area contributed by atoms with Crippen LogP contribution in [0.3, 0.4) is 0 Å². The average molecular weight is 415 g/mol. The molecule has 0 saturated carbocycles. The van der Waals surface area contributed by atoms with Gasteiger partial charge in [0, 0.05) is 5.02 Å². The highest BCUT2D eigenvalue weighted by Gasteiger charge is 2.11. The van der Waals surface area contributed by atoms with E-state index in [1.807, 2.05) is 12.1 Å². The lowest BCUT2D eigenvalue weighted by Gasteiger charge is -2.14. The first-order chi connectivity index (χ1) is 15.3. The van der Waals surface area contributed by atoms with Crippen molar-refractivity contribution >= 4 is 43.9 Å². The Hall–Kier alpha value is -3.61. The van der Waals surface area contributed by atoms with Gasteiger partial charge in [-0.15, -0.1) is 0 Å². The summed E-state index contributed by atoms with van der Waals surface area (Å²) in [5.74, 6) is 0. The molecule has 0 bridgehead atoms. The Morgan fingerprint density at radius 2 is 1.06 bits per heavy atom. The van der Waals surface area contributed by atoms with Crippen LogP contribution in [0.5, 0.6) is 0 Å². The molecule has 0 unspecified atom stereocenters. The summed E-state index contributed by atoms with van der Waals surface area (Å²) in [6.45, 7) is 0. The molecular formula is C30H19Cl. The van der Waals surface area contributed by atoms with Crippen molar-refractivity contribution in [3.05, 3.63) is 120 Å². The zero-order chi connectivity index (χ0) is 20.8. The summed E-state index contributed by atoms with van der Waals surface area (Å²) in [6, 6.07) is 41.1. The fourth-order valence-electron chi connectivity index (χ4n) is 4.52. The van der Waals surface area contributed by atoms with Gasteiger partial charge in [-0.2, -0.15) is 0 Å². The van der Waals surface area contributed by atoms with Gasteiger partial charge in [-0.3, -0.25) is 0 Å². The van der Waals surface area contributed by atoms with Crippen molar-refractivity contribution in [2.45, 2.75) is 0 Å². The van der Waals surface area contributed by atoms with Crippen LogP contribution in [-0.2, 0) is 0 Å². The van der Waals surface area contributed by atoms with E-state index in [0.717, 1.165) is 5.02 Å². The van der Waals surface area contributed by atoms with Crippen molar-refractivity contribution in [2.24, 2.45) is 0 Å². The van der Waals surface area contributed by atoms with Crippen molar-refractivity contribution in [2.75, 3.05) is 0 Å². The fourth-order valence-corrected chi connectivity index (χ4v) is 4.65. The van der Waals surface area contributed by atoms with Crippen LogP contribution in [0.2, 0.25) is 5.02 Å². The van der Waals surface area contributed by atoms with Crippen LogP contribution in [0.4, 0.5) is 0 Å². The number of benzene rings is 6. The van der Waals surface area contributed by atoms with E-state index >= 15 is 0 Å². The van der Waals surface area contributed by atoms with Gasteiger partial charge in [0.1, 0.15) is 0 Å². The van der Waals surface area contributed by atoms with Crippen LogP contribution in [0.1, 0.15) is 0 Å². The summed E-state index contributed by atoms with van der Waals surface area (Å²) in [6.07, 6.45) is 0. The average Bonchev–Trinajstić information content (AvgIpc) is 2.83. The number of hydrogen-bond acceptors (Lipinski definition) is 0. The third-order valence-electron chi connectivity index (χ3n) is 6.10. The van der Waals surface area contributed by atoms with Crippen LogP contribution in [0.25, 0.3) is 54.6 Å². The highest BCUT2D eigenvalue weighted by atomic mass is 35.5. The van der Waals surface area contributed by atoms with E-state index in [9.17, 15) is 0 Å². The summed E-state index contributed by atoms with van der Waals surface area (Å²) in [7, 11) is 0. The Bertz CT molecular complexity index is 1580. The SMILES string of the molecule is Clc1ccc(-c2ccc3c(c2)c(-c2ccc4ccccc4c2)cc2ccccc23)cc1. The lowest BCUT2D eigenvalue weighted by Crippen LogP contribution is -1.87. The first kappa shape index (κ1) is 18.2. The summed E-state index contributed by atoms with van der Waals surface area (Å²) in [5.41, 5.74) is 4.86. The van der Waals surface area contributed by atoms with Crippen molar-refractivity contribution in [1.29, 1.82) is 0 Å². The van der Waals surface area contributed by atoms with Crippen LogP contribution < -0.4 is 0 Å². The van der Waals surface area contributed by atoms with Crippen molar-refractivity contribution in [3.8, 4) is 22.3 Å². The smallest absolute Gasteiger partial charge is 0.0406 e. The van der Waals surface area contributed by atoms with Gasteiger partial charge in [0.15, 0.2) is 0 Å². The molecule has 0 N–H and O–H groups in total. The van der Waals surface area contributed by atoms with Gasteiger partial charge in [-0.25, -0.2) is 0 Å². The topological polar surface area (TPSA) is 0 Å². The maximum absolute atomic E-state index is 6.11. The van der Waals surface area contributed by atoms with Crippen LogP contribution >= 0.6 is 11.6 Å². The summed E-state index contributed by atoms with van der Waals surface area (Å²) in [5, 5.41) is 8.36. The highest BCUT2D eigenvalue weighted by molar-refractivity contribution is 6.30. The molecule has 0 aliphatic carbocycles. The zero-order valence-corrected chi connectivity index (χ0v) is 17.6. The standard InChI is InChI=1S/C30H19Cl/c31-26-14-11-21(12-15-26)23-13-16-28-27-8-4-3-7-24(27)19-29(30(28)18-23)25-10-9-20-5-1-2-6-22(20)17-25/h1-19H. The van der Waals surface area contributed by atoms with E-state index in [4.69, 9.17) is 11.6 Å². The quantitative estimate of drug-likeness (QED) is 0.248. The molecule has 0 aromatic heterocycles. The lowest BCUT2D eigenvalue weighted by atomic mass is 9.90. The second kappa shape index (κ2) is 7.27. The second-order valence-corrected chi connectivity index (χ2v) is 8.41. The van der Waals surface area contributed by atoms with E-state index in [1.54, 1.807) is 0 Å². The zero-order valence-electron chi connectivity index (χ0n) is 16.8. The molecule has 0 atom stereocenters. The van der Waals surface area contributed by atoms with E-state index in [2.05, 4.69) is 103 Å². The van der Waals surface area contributed by atoms with Gasteiger partial charge in [-0.1, -0.05) is 96.5 Å². The Morgan fingerprint density at radius 3 is 1.90 bits per heavy atom. The molecular weight excluding hydrogens is 396 g/mol. The van der Waals surface area contributed by atoms with E-state index in [-0.39, 0.29) is 0 Å². The molecule has 0 amide bonds. The monoisotopic (exact) mass is 414 g/mol. The molecule has 6 rings (SSSR count). The van der Waals surface area contributed by atoms with Crippen molar-refractivity contribution < 1.29 is 0 Å². The van der Waals surface area contributed by atoms with Crippen molar-refractivity contribution in [1.82, 2.24) is 0 Å². The summed E-state index contributed by atoms with van der Waals surface area (Å²) < 4.78 is 0. The molecule has 0 spiro atoms. The van der Waals surface area contributed by atoms with Crippen LogP contribution in [-0.4, -0.2) is 0 Å². The minimum atomic E-state index is 0.757. The third kappa shape index (κ3) is 3.17. The Labute approximate surface area is 186 Å². The van der Waals surface area contributed by atoms with Crippen molar-refractivity contribution in [3.63, 3.8) is 0 Å². The predicted octanol–water partition coefficient (Wildman–Crippen LogP) is 9.13. The molecule has 31 heavy (non-hydrogen) atoms. The van der Waals surface area contributed by atoms with Gasteiger partial charge in [0.2, 0.25) is 0 Å². The molecule has 146 valence electrons. The Kier molecular flexibility index (Phi) is 4.26. The first-order valence-corrected chi connectivity index (χ1v) is 10.8. The second-order valence-electron chi connectivity index (χ2n) is 7.97. The molecule has 0 heterocycles. The fraction of sp³-hybridized carbons (Fsp3) is 0. The number of fused-ring (bicyclic) bond motifs is 4. The van der Waals surface area contributed by atoms with E-state index in [0.29, 0.717) is 0 Å². The van der Waals surface area contributed by atoms with Gasteiger partial charge in [0.05, 0.1) is 0 Å². The van der Waals surface area contributed by atoms with Crippen LogP contribution in [0, 0.1) is 0 Å². The minimum Gasteiger partial charge on any atom is -0.0843 e. The first-order valence-electron chi connectivity index (χ1n) is 10.5. The minimum absolute atomic E-state index is 0.757. The third-order valence-corrected chi connectivity index (χ3v) is 6.35. The summed E-state index contributed by atoms with van der Waals surface area (Å²) >= 11 is 6.11. The van der Waals surface area contributed by atoms with Gasteiger partial charge in [0.25, 0.3) is 0 Å². The molecule has 0 radical (unpaired) electrons. The molecule has 6 aromatic rings. The van der Waals surface area contributed by atoms with Gasteiger partial charge >= 0.3 is 0 Å². The maximum Gasteiger partial charge on any atom is 0.0406 e. The number of halogens is 1. The lowest BCUT2D eigenvalue weighted by molar-refractivity contribution is 1.64. The predicted molar refractivity (Wildman–Crippen MR) is 135 cm³/mol. The maximum atomic E-state index is 6.11. The molecule has 0 nitrogen and oxygen atoms in total. The largest absolute Gasteiger partial charge is 0.0843 e. The molecule has 0 fully saturated rings. The van der Waals surface area contributed by atoms with Gasteiger partial charge < -0.3 is 0 Å². The number of hydrogen-bond donors (Lipinski definition) is 0. The van der Waals surface area contributed by atoms with Crippen LogP contribution in [0.15, 0.2) is 115 Å². The van der Waals surface area contributed by atoms with E-state index in [1.165, 1.54) is 54.6 Å². The molecule has 1 heteroatoms. The molecule has 0 aliphatic rings. The normalized spacial score (nSPS) is 11.4. The molecule has 0 saturated heterocycles. The molecule has 6 aromatic carbocycles. The highest BCUT2D eigenvalue weighted by Crippen LogP contribution is 2.38. The molecule has 0 aliphatic heterocycles. The van der Waals surface area contributed by atoms with Gasteiger partial charge in [-0.05, 0) is 84.9 Å². The Balaban J connectivity index is 1.66. The Morgan fingerprint density at radius 1 is 0.387 bits per heavy atom. The summed E-state index contributed by atoms with van der Waals surface area (Å²) in [4.78, 5) is 0. The van der Waals surface area contributed by atoms with E-state index < -0.39 is 0 Å².